The molecule has 2 unspecified atom stereocenters. The number of methoxy groups -OCH3 is 1. The standard InChI is InChI=1S/C16H21BrO4/c1-10(2)12-8-11(17)4-5-14(12)21-15-9-13(18)16(15)20-7-6-19-3/h4-5,8,10,15-16H,6-7,9H2,1-3H3. The molecule has 1 aromatic carbocycles. The summed E-state index contributed by atoms with van der Waals surface area (Å²) in [5, 5.41) is 0. The van der Waals surface area contributed by atoms with Crippen LogP contribution >= 0.6 is 15.9 Å². The van der Waals surface area contributed by atoms with Crippen LogP contribution in [0.3, 0.4) is 0 Å². The molecule has 116 valence electrons. The number of ketones is 1. The lowest BCUT2D eigenvalue weighted by molar-refractivity contribution is -0.156. The summed E-state index contributed by atoms with van der Waals surface area (Å²) in [6.07, 6.45) is -0.262. The molecule has 1 aliphatic carbocycles. The normalized spacial score (nSPS) is 21.5. The monoisotopic (exact) mass is 356 g/mol. The molecule has 0 heterocycles. The number of rotatable bonds is 7. The topological polar surface area (TPSA) is 44.8 Å². The van der Waals surface area contributed by atoms with Gasteiger partial charge in [-0.15, -0.1) is 0 Å². The maximum atomic E-state index is 11.6. The van der Waals surface area contributed by atoms with Gasteiger partial charge >= 0.3 is 0 Å². The molecule has 5 heteroatoms. The van der Waals surface area contributed by atoms with Gasteiger partial charge in [0, 0.05) is 18.0 Å². The number of halogens is 1. The van der Waals surface area contributed by atoms with Gasteiger partial charge in [-0.1, -0.05) is 29.8 Å². The molecule has 4 nitrogen and oxygen atoms in total. The van der Waals surface area contributed by atoms with E-state index < -0.39 is 6.10 Å². The van der Waals surface area contributed by atoms with Crippen LogP contribution in [0.1, 0.15) is 31.7 Å². The second-order valence-electron chi connectivity index (χ2n) is 5.45. The number of carbonyl (C=O) groups excluding carboxylic acids is 1. The van der Waals surface area contributed by atoms with Crippen molar-refractivity contribution < 1.29 is 19.0 Å². The summed E-state index contributed by atoms with van der Waals surface area (Å²) >= 11 is 3.48. The minimum absolute atomic E-state index is 0.0966. The fourth-order valence-corrected chi connectivity index (χ4v) is 2.65. The Balaban J connectivity index is 2.03. The van der Waals surface area contributed by atoms with Crippen molar-refractivity contribution in [3.63, 3.8) is 0 Å². The van der Waals surface area contributed by atoms with Crippen molar-refractivity contribution in [3.8, 4) is 5.75 Å². The summed E-state index contributed by atoms with van der Waals surface area (Å²) in [4.78, 5) is 11.6. The Hall–Kier alpha value is -0.910. The van der Waals surface area contributed by atoms with Gasteiger partial charge in [-0.05, 0) is 29.7 Å². The van der Waals surface area contributed by atoms with Crippen LogP contribution in [0.15, 0.2) is 22.7 Å². The van der Waals surface area contributed by atoms with Gasteiger partial charge in [0.05, 0.1) is 13.2 Å². The molecule has 21 heavy (non-hydrogen) atoms. The fraction of sp³-hybridized carbons (Fsp3) is 0.562. The van der Waals surface area contributed by atoms with Crippen LogP contribution in [-0.2, 0) is 14.3 Å². The van der Waals surface area contributed by atoms with E-state index in [1.807, 2.05) is 12.1 Å². The summed E-state index contributed by atoms with van der Waals surface area (Å²) in [7, 11) is 1.61. The van der Waals surface area contributed by atoms with Crippen molar-refractivity contribution in [2.45, 2.75) is 38.4 Å². The summed E-state index contributed by atoms with van der Waals surface area (Å²) in [6, 6.07) is 5.94. The third kappa shape index (κ3) is 4.05. The Kier molecular flexibility index (Phi) is 5.79. The van der Waals surface area contributed by atoms with Gasteiger partial charge < -0.3 is 14.2 Å². The quantitative estimate of drug-likeness (QED) is 0.703. The number of Topliss-reactive ketones (excluding diaryl/α,β-unsaturated/α-hetero) is 1. The highest BCUT2D eigenvalue weighted by Crippen LogP contribution is 2.33. The summed E-state index contributed by atoms with van der Waals surface area (Å²) in [6.45, 7) is 5.12. The van der Waals surface area contributed by atoms with E-state index >= 15 is 0 Å². The summed E-state index contributed by atoms with van der Waals surface area (Å²) in [5.74, 6) is 1.27. The molecule has 1 saturated carbocycles. The van der Waals surface area contributed by atoms with Crippen LogP contribution in [0, 0.1) is 0 Å². The van der Waals surface area contributed by atoms with Gasteiger partial charge in [0.2, 0.25) is 0 Å². The first-order valence-corrected chi connectivity index (χ1v) is 7.91. The number of ether oxygens (including phenoxy) is 3. The fourth-order valence-electron chi connectivity index (χ4n) is 2.27. The van der Waals surface area contributed by atoms with E-state index in [0.29, 0.717) is 25.6 Å². The number of benzene rings is 1. The summed E-state index contributed by atoms with van der Waals surface area (Å²) < 4.78 is 17.5. The average Bonchev–Trinajstić information content (AvgIpc) is 2.44. The average molecular weight is 357 g/mol. The molecule has 0 spiro atoms. The highest BCUT2D eigenvalue weighted by Gasteiger charge is 2.43. The van der Waals surface area contributed by atoms with Crippen LogP contribution in [0.5, 0.6) is 5.75 Å². The van der Waals surface area contributed by atoms with Crippen molar-refractivity contribution in [2.75, 3.05) is 20.3 Å². The zero-order valence-corrected chi connectivity index (χ0v) is 14.2. The predicted octanol–water partition coefficient (Wildman–Crippen LogP) is 3.32. The lowest BCUT2D eigenvalue weighted by Gasteiger charge is -2.35. The molecule has 2 rings (SSSR count). The lowest BCUT2D eigenvalue weighted by atomic mass is 9.89. The number of hydrogen-bond donors (Lipinski definition) is 0. The molecule has 0 N–H and O–H groups in total. The Morgan fingerprint density at radius 3 is 2.71 bits per heavy atom. The smallest absolute Gasteiger partial charge is 0.169 e. The number of hydrogen-bond acceptors (Lipinski definition) is 4. The van der Waals surface area contributed by atoms with Crippen molar-refractivity contribution in [3.05, 3.63) is 28.2 Å². The first-order chi connectivity index (χ1) is 10.0. The molecule has 1 fully saturated rings. The minimum Gasteiger partial charge on any atom is -0.486 e. The van der Waals surface area contributed by atoms with Crippen molar-refractivity contribution in [1.29, 1.82) is 0 Å². The predicted molar refractivity (Wildman–Crippen MR) is 83.9 cm³/mol. The Bertz CT molecular complexity index is 501. The zero-order valence-electron chi connectivity index (χ0n) is 12.6. The summed E-state index contributed by atoms with van der Waals surface area (Å²) in [5.41, 5.74) is 1.12. The van der Waals surface area contributed by atoms with E-state index in [-0.39, 0.29) is 11.9 Å². The van der Waals surface area contributed by atoms with E-state index in [2.05, 4.69) is 35.8 Å². The van der Waals surface area contributed by atoms with E-state index in [1.54, 1.807) is 7.11 Å². The van der Waals surface area contributed by atoms with Crippen LogP contribution in [0.25, 0.3) is 0 Å². The molecule has 0 aliphatic heterocycles. The van der Waals surface area contributed by atoms with E-state index in [9.17, 15) is 4.79 Å². The third-order valence-corrected chi connectivity index (χ3v) is 4.01. The molecule has 0 saturated heterocycles. The van der Waals surface area contributed by atoms with Crippen LogP contribution in [0.2, 0.25) is 0 Å². The van der Waals surface area contributed by atoms with Gasteiger partial charge in [0.15, 0.2) is 11.9 Å². The second kappa shape index (κ2) is 7.38. The zero-order chi connectivity index (χ0) is 15.4. The van der Waals surface area contributed by atoms with Gasteiger partial charge in [0.1, 0.15) is 11.9 Å². The van der Waals surface area contributed by atoms with Crippen molar-refractivity contribution >= 4 is 21.7 Å². The largest absolute Gasteiger partial charge is 0.486 e. The molecular formula is C16H21BrO4. The Labute approximate surface area is 133 Å². The van der Waals surface area contributed by atoms with Gasteiger partial charge in [-0.2, -0.15) is 0 Å². The molecule has 0 aromatic heterocycles. The first-order valence-electron chi connectivity index (χ1n) is 7.12. The molecule has 2 atom stereocenters. The Morgan fingerprint density at radius 2 is 2.10 bits per heavy atom. The van der Waals surface area contributed by atoms with Crippen LogP contribution < -0.4 is 4.74 Å². The highest BCUT2D eigenvalue weighted by molar-refractivity contribution is 9.10. The van der Waals surface area contributed by atoms with Crippen LogP contribution in [0.4, 0.5) is 0 Å². The second-order valence-corrected chi connectivity index (χ2v) is 6.36. The van der Waals surface area contributed by atoms with Gasteiger partial charge in [-0.25, -0.2) is 0 Å². The third-order valence-electron chi connectivity index (χ3n) is 3.51. The van der Waals surface area contributed by atoms with Gasteiger partial charge in [0.25, 0.3) is 0 Å². The van der Waals surface area contributed by atoms with E-state index in [1.165, 1.54) is 0 Å². The van der Waals surface area contributed by atoms with Crippen molar-refractivity contribution in [1.82, 2.24) is 0 Å². The maximum Gasteiger partial charge on any atom is 0.169 e. The van der Waals surface area contributed by atoms with E-state index in [4.69, 9.17) is 14.2 Å². The highest BCUT2D eigenvalue weighted by atomic mass is 79.9. The molecular weight excluding hydrogens is 336 g/mol. The lowest BCUT2D eigenvalue weighted by Crippen LogP contribution is -2.52. The molecule has 0 radical (unpaired) electrons. The first kappa shape index (κ1) is 16.5. The van der Waals surface area contributed by atoms with Crippen LogP contribution in [-0.4, -0.2) is 38.3 Å². The molecule has 0 amide bonds. The van der Waals surface area contributed by atoms with Crippen molar-refractivity contribution in [2.24, 2.45) is 0 Å². The maximum absolute atomic E-state index is 11.6. The molecule has 0 bridgehead atoms. The van der Waals surface area contributed by atoms with E-state index in [0.717, 1.165) is 15.8 Å². The number of carbonyl (C=O) groups is 1. The molecule has 1 aliphatic rings. The minimum atomic E-state index is -0.469. The molecule has 1 aromatic rings. The van der Waals surface area contributed by atoms with Gasteiger partial charge in [-0.3, -0.25) is 4.79 Å². The SMILES string of the molecule is COCCOC1C(=O)CC1Oc1ccc(Br)cc1C(C)C. The Morgan fingerprint density at radius 1 is 1.33 bits per heavy atom.